The Morgan fingerprint density at radius 2 is 1.52 bits per heavy atom. The summed E-state index contributed by atoms with van der Waals surface area (Å²) in [5, 5.41) is 0. The van der Waals surface area contributed by atoms with Gasteiger partial charge in [-0.1, -0.05) is 12.8 Å². The molecule has 2 amide bonds. The fourth-order valence-electron chi connectivity index (χ4n) is 5.22. The van der Waals surface area contributed by atoms with Gasteiger partial charge >= 0.3 is 0 Å². The molecule has 3 fully saturated rings. The van der Waals surface area contributed by atoms with Crippen LogP contribution in [0.25, 0.3) is 0 Å². The number of nitrogens with one attached hydrogen (secondary N) is 1. The van der Waals surface area contributed by atoms with Gasteiger partial charge in [0.1, 0.15) is 5.82 Å². The zero-order chi connectivity index (χ0) is 20.0. The van der Waals surface area contributed by atoms with Crippen molar-refractivity contribution in [3.05, 3.63) is 27.4 Å². The second-order valence-electron chi connectivity index (χ2n) is 9.24. The van der Waals surface area contributed by atoms with Gasteiger partial charge in [-0.3, -0.25) is 14.4 Å². The summed E-state index contributed by atoms with van der Waals surface area (Å²) in [6.45, 7) is 2.56. The summed E-state index contributed by atoms with van der Waals surface area (Å²) >= 11 is 0. The van der Waals surface area contributed by atoms with Crippen molar-refractivity contribution in [1.29, 1.82) is 0 Å². The largest absolute Gasteiger partial charge is 0.342 e. The smallest absolute Gasteiger partial charge is 0.256 e. The van der Waals surface area contributed by atoms with Gasteiger partial charge in [0, 0.05) is 43.8 Å². The van der Waals surface area contributed by atoms with Gasteiger partial charge in [0.05, 0.1) is 17.8 Å². The van der Waals surface area contributed by atoms with Gasteiger partial charge in [0.2, 0.25) is 11.8 Å². The van der Waals surface area contributed by atoms with Crippen LogP contribution in [0.2, 0.25) is 0 Å². The molecule has 0 atom stereocenters. The standard InChI is InChI=1S/C22H30N4O3/c27-20-17-13-26(22(29)16-5-6-16)12-9-18(17)23-19(24-20)14-7-10-25(11-8-14)21(28)15-3-1-2-4-15/h14-16H,1-13H2,(H,23,24,27). The Morgan fingerprint density at radius 1 is 0.862 bits per heavy atom. The number of likely N-dealkylation sites (tertiary alicyclic amines) is 1. The Bertz CT molecular complexity index is 861. The lowest BCUT2D eigenvalue weighted by Crippen LogP contribution is -2.42. The van der Waals surface area contributed by atoms with E-state index in [0.29, 0.717) is 31.0 Å². The van der Waals surface area contributed by atoms with E-state index in [1.807, 2.05) is 9.80 Å². The molecule has 29 heavy (non-hydrogen) atoms. The molecule has 1 aromatic heterocycles. The van der Waals surface area contributed by atoms with Crippen molar-refractivity contribution in [3.63, 3.8) is 0 Å². The van der Waals surface area contributed by atoms with Crippen molar-refractivity contribution in [2.45, 2.75) is 70.3 Å². The van der Waals surface area contributed by atoms with Crippen molar-refractivity contribution < 1.29 is 9.59 Å². The number of aromatic nitrogens is 2. The number of rotatable bonds is 3. The molecule has 156 valence electrons. The van der Waals surface area contributed by atoms with Crippen LogP contribution in [-0.4, -0.2) is 51.2 Å². The van der Waals surface area contributed by atoms with Crippen LogP contribution < -0.4 is 5.56 Å². The minimum absolute atomic E-state index is 0.0947. The van der Waals surface area contributed by atoms with Gasteiger partial charge in [-0.15, -0.1) is 0 Å². The molecule has 2 aliphatic heterocycles. The van der Waals surface area contributed by atoms with Crippen LogP contribution in [0.5, 0.6) is 0 Å². The highest BCUT2D eigenvalue weighted by Gasteiger charge is 2.36. The zero-order valence-electron chi connectivity index (χ0n) is 17.0. The number of piperidine rings is 1. The van der Waals surface area contributed by atoms with Crippen LogP contribution in [0.3, 0.4) is 0 Å². The molecule has 4 aliphatic rings. The Labute approximate surface area is 170 Å². The molecule has 5 rings (SSSR count). The van der Waals surface area contributed by atoms with Crippen molar-refractivity contribution in [2.75, 3.05) is 19.6 Å². The van der Waals surface area contributed by atoms with Crippen LogP contribution in [0, 0.1) is 11.8 Å². The van der Waals surface area contributed by atoms with Crippen molar-refractivity contribution in [1.82, 2.24) is 19.8 Å². The topological polar surface area (TPSA) is 86.4 Å². The number of fused-ring (bicyclic) bond motifs is 1. The van der Waals surface area contributed by atoms with E-state index in [9.17, 15) is 14.4 Å². The van der Waals surface area contributed by atoms with Gasteiger partial charge in [-0.05, 0) is 38.5 Å². The molecule has 7 heteroatoms. The quantitative estimate of drug-likeness (QED) is 0.843. The van der Waals surface area contributed by atoms with Gasteiger partial charge in [-0.2, -0.15) is 0 Å². The molecule has 0 radical (unpaired) electrons. The predicted molar refractivity (Wildman–Crippen MR) is 107 cm³/mol. The number of carbonyl (C=O) groups is 2. The normalized spacial score (nSPS) is 23.3. The number of aromatic amines is 1. The Morgan fingerprint density at radius 3 is 2.21 bits per heavy atom. The van der Waals surface area contributed by atoms with E-state index in [2.05, 4.69) is 4.98 Å². The lowest BCUT2D eigenvalue weighted by molar-refractivity contribution is -0.136. The molecule has 0 unspecified atom stereocenters. The van der Waals surface area contributed by atoms with E-state index in [0.717, 1.165) is 63.1 Å². The van der Waals surface area contributed by atoms with Crippen LogP contribution in [0.1, 0.15) is 74.4 Å². The molecule has 3 heterocycles. The summed E-state index contributed by atoms with van der Waals surface area (Å²) in [4.78, 5) is 49.4. The van der Waals surface area contributed by atoms with Crippen molar-refractivity contribution in [2.24, 2.45) is 11.8 Å². The Kier molecular flexibility index (Phi) is 4.92. The highest BCUT2D eigenvalue weighted by molar-refractivity contribution is 5.81. The van der Waals surface area contributed by atoms with Gasteiger partial charge in [0.15, 0.2) is 0 Å². The van der Waals surface area contributed by atoms with E-state index in [-0.39, 0.29) is 29.2 Å². The summed E-state index contributed by atoms with van der Waals surface area (Å²) in [7, 11) is 0. The van der Waals surface area contributed by atoms with Crippen molar-refractivity contribution in [3.8, 4) is 0 Å². The first kappa shape index (κ1) is 18.8. The maximum Gasteiger partial charge on any atom is 0.256 e. The Hall–Kier alpha value is -2.18. The maximum atomic E-state index is 12.7. The summed E-state index contributed by atoms with van der Waals surface area (Å²) in [5.74, 6) is 1.90. The average molecular weight is 399 g/mol. The number of hydrogen-bond donors (Lipinski definition) is 1. The zero-order valence-corrected chi connectivity index (χ0v) is 17.0. The van der Waals surface area contributed by atoms with Crippen LogP contribution in [0.15, 0.2) is 4.79 Å². The maximum absolute atomic E-state index is 12.7. The minimum Gasteiger partial charge on any atom is -0.342 e. The summed E-state index contributed by atoms with van der Waals surface area (Å²) in [6, 6.07) is 0. The fourth-order valence-corrected chi connectivity index (χ4v) is 5.22. The van der Waals surface area contributed by atoms with Crippen LogP contribution in [-0.2, 0) is 22.6 Å². The van der Waals surface area contributed by atoms with Crippen molar-refractivity contribution >= 4 is 11.8 Å². The van der Waals surface area contributed by atoms with Crippen LogP contribution >= 0.6 is 0 Å². The third kappa shape index (κ3) is 3.71. The first-order valence-corrected chi connectivity index (χ1v) is 11.3. The number of carbonyl (C=O) groups excluding carboxylic acids is 2. The molecule has 0 spiro atoms. The molecule has 1 saturated heterocycles. The average Bonchev–Trinajstić information content (AvgIpc) is 3.46. The number of H-pyrrole nitrogens is 1. The summed E-state index contributed by atoms with van der Waals surface area (Å²) in [5.41, 5.74) is 1.42. The van der Waals surface area contributed by atoms with Crippen LogP contribution in [0.4, 0.5) is 0 Å². The van der Waals surface area contributed by atoms with Gasteiger partial charge < -0.3 is 14.8 Å². The summed E-state index contributed by atoms with van der Waals surface area (Å²) < 4.78 is 0. The third-order valence-corrected chi connectivity index (χ3v) is 7.22. The number of nitrogens with zero attached hydrogens (tertiary/aromatic N) is 3. The highest BCUT2D eigenvalue weighted by atomic mass is 16.2. The first-order chi connectivity index (χ1) is 14.1. The molecule has 0 bridgehead atoms. The molecular formula is C22H30N4O3. The SMILES string of the molecule is O=C(C1CCCC1)N1CCC(c2nc3c(c(=O)[nH]2)CN(C(=O)C2CC2)CC3)CC1. The van der Waals surface area contributed by atoms with E-state index >= 15 is 0 Å². The van der Waals surface area contributed by atoms with Gasteiger partial charge in [0.25, 0.3) is 5.56 Å². The fraction of sp³-hybridized carbons (Fsp3) is 0.727. The van der Waals surface area contributed by atoms with E-state index in [1.165, 1.54) is 12.8 Å². The predicted octanol–water partition coefficient (Wildman–Crippen LogP) is 1.96. The second kappa shape index (κ2) is 7.58. The van der Waals surface area contributed by atoms with E-state index < -0.39 is 0 Å². The first-order valence-electron chi connectivity index (χ1n) is 11.3. The number of amides is 2. The number of hydrogen-bond acceptors (Lipinski definition) is 4. The lowest BCUT2D eigenvalue weighted by atomic mass is 9.94. The molecule has 7 nitrogen and oxygen atoms in total. The molecule has 1 N–H and O–H groups in total. The molecule has 1 aromatic rings. The highest BCUT2D eigenvalue weighted by Crippen LogP contribution is 2.33. The summed E-state index contributed by atoms with van der Waals surface area (Å²) in [6.07, 6.45) is 8.77. The molecular weight excluding hydrogens is 368 g/mol. The van der Waals surface area contributed by atoms with Gasteiger partial charge in [-0.25, -0.2) is 4.98 Å². The lowest BCUT2D eigenvalue weighted by Gasteiger charge is -2.34. The third-order valence-electron chi connectivity index (χ3n) is 7.22. The second-order valence-corrected chi connectivity index (χ2v) is 9.24. The molecule has 2 saturated carbocycles. The van der Waals surface area contributed by atoms with E-state index in [1.54, 1.807) is 0 Å². The molecule has 2 aliphatic carbocycles. The molecule has 0 aromatic carbocycles. The minimum atomic E-state index is -0.0947. The Balaban J connectivity index is 1.25. The van der Waals surface area contributed by atoms with E-state index in [4.69, 9.17) is 4.98 Å². The monoisotopic (exact) mass is 398 g/mol.